The van der Waals surface area contributed by atoms with Crippen LogP contribution in [0.3, 0.4) is 0 Å². The SMILES string of the molecule is O=C(Cn1cnc2ccccc2c1=O)N1CC[C@@H](Cc2cccc(CO)c2)C1. The van der Waals surface area contributed by atoms with Crippen molar-refractivity contribution < 1.29 is 9.90 Å². The summed E-state index contributed by atoms with van der Waals surface area (Å²) in [5.41, 5.74) is 2.55. The van der Waals surface area contributed by atoms with E-state index in [-0.39, 0.29) is 24.6 Å². The molecule has 3 aromatic rings. The standard InChI is InChI=1S/C22H23N3O3/c26-14-18-5-3-4-16(11-18)10-17-8-9-24(12-17)21(27)13-25-15-23-20-7-2-1-6-19(20)22(25)28/h1-7,11,15,17,26H,8-10,12-14H2/t17-/m0/s1. The van der Waals surface area contributed by atoms with Crippen molar-refractivity contribution >= 4 is 16.8 Å². The number of benzene rings is 2. The normalized spacial score (nSPS) is 16.6. The van der Waals surface area contributed by atoms with Gasteiger partial charge in [-0.15, -0.1) is 0 Å². The third-order valence-electron chi connectivity index (χ3n) is 5.37. The summed E-state index contributed by atoms with van der Waals surface area (Å²) >= 11 is 0. The molecule has 1 aromatic heterocycles. The van der Waals surface area contributed by atoms with Gasteiger partial charge in [0.05, 0.1) is 23.8 Å². The highest BCUT2D eigenvalue weighted by Crippen LogP contribution is 2.22. The largest absolute Gasteiger partial charge is 0.392 e. The van der Waals surface area contributed by atoms with E-state index in [2.05, 4.69) is 11.1 Å². The first-order valence-electron chi connectivity index (χ1n) is 9.54. The maximum absolute atomic E-state index is 12.7. The lowest BCUT2D eigenvalue weighted by Gasteiger charge is -2.17. The molecule has 144 valence electrons. The molecule has 2 heterocycles. The first-order valence-corrected chi connectivity index (χ1v) is 9.54. The zero-order valence-electron chi connectivity index (χ0n) is 15.6. The molecule has 1 atom stereocenters. The van der Waals surface area contributed by atoms with Crippen LogP contribution in [0, 0.1) is 5.92 Å². The monoisotopic (exact) mass is 377 g/mol. The number of likely N-dealkylation sites (tertiary alicyclic amines) is 1. The summed E-state index contributed by atoms with van der Waals surface area (Å²) in [7, 11) is 0. The fraction of sp³-hybridized carbons (Fsp3) is 0.318. The molecule has 1 fully saturated rings. The predicted molar refractivity (Wildman–Crippen MR) is 107 cm³/mol. The first-order chi connectivity index (χ1) is 13.6. The van der Waals surface area contributed by atoms with Crippen molar-refractivity contribution in [3.05, 3.63) is 76.3 Å². The number of carbonyl (C=O) groups excluding carboxylic acids is 1. The number of carbonyl (C=O) groups is 1. The molecule has 1 amide bonds. The molecule has 28 heavy (non-hydrogen) atoms. The van der Waals surface area contributed by atoms with Gasteiger partial charge in [-0.2, -0.15) is 0 Å². The highest BCUT2D eigenvalue weighted by Gasteiger charge is 2.26. The molecule has 1 N–H and O–H groups in total. The summed E-state index contributed by atoms with van der Waals surface area (Å²) in [6.07, 6.45) is 3.28. The van der Waals surface area contributed by atoms with Gasteiger partial charge < -0.3 is 10.0 Å². The van der Waals surface area contributed by atoms with Crippen molar-refractivity contribution in [3.63, 3.8) is 0 Å². The van der Waals surface area contributed by atoms with Gasteiger partial charge >= 0.3 is 0 Å². The Bertz CT molecular complexity index is 1060. The van der Waals surface area contributed by atoms with Crippen molar-refractivity contribution in [1.82, 2.24) is 14.5 Å². The number of fused-ring (bicyclic) bond motifs is 1. The summed E-state index contributed by atoms with van der Waals surface area (Å²) < 4.78 is 1.39. The van der Waals surface area contributed by atoms with Crippen LogP contribution in [0.1, 0.15) is 17.5 Å². The zero-order valence-corrected chi connectivity index (χ0v) is 15.6. The molecule has 0 saturated carbocycles. The Hall–Kier alpha value is -2.99. The average Bonchev–Trinajstić information content (AvgIpc) is 3.19. The van der Waals surface area contributed by atoms with Gasteiger partial charge in [0.15, 0.2) is 0 Å². The van der Waals surface area contributed by atoms with Gasteiger partial charge in [0.1, 0.15) is 6.54 Å². The number of rotatable bonds is 5. The minimum absolute atomic E-state index is 0.0172. The van der Waals surface area contributed by atoms with Gasteiger partial charge in [0.25, 0.3) is 5.56 Å². The van der Waals surface area contributed by atoms with Crippen molar-refractivity contribution in [1.29, 1.82) is 0 Å². The van der Waals surface area contributed by atoms with Crippen LogP contribution in [0.15, 0.2) is 59.7 Å². The molecule has 1 aliphatic rings. The van der Waals surface area contributed by atoms with Crippen molar-refractivity contribution in [3.8, 4) is 0 Å². The lowest BCUT2D eigenvalue weighted by atomic mass is 9.97. The fourth-order valence-electron chi connectivity index (χ4n) is 3.88. The summed E-state index contributed by atoms with van der Waals surface area (Å²) in [4.78, 5) is 31.4. The number of nitrogens with zero attached hydrogens (tertiary/aromatic N) is 3. The first kappa shape index (κ1) is 18.4. The van der Waals surface area contributed by atoms with Gasteiger partial charge in [0.2, 0.25) is 5.91 Å². The van der Waals surface area contributed by atoms with Crippen molar-refractivity contribution in [2.24, 2.45) is 5.92 Å². The summed E-state index contributed by atoms with van der Waals surface area (Å²) in [5, 5.41) is 9.81. The van der Waals surface area contributed by atoms with Crippen LogP contribution in [0.5, 0.6) is 0 Å². The second-order valence-corrected chi connectivity index (χ2v) is 7.37. The number of para-hydroxylation sites is 1. The van der Waals surface area contributed by atoms with Crippen LogP contribution < -0.4 is 5.56 Å². The van der Waals surface area contributed by atoms with Crippen LogP contribution >= 0.6 is 0 Å². The molecule has 1 aliphatic heterocycles. The van der Waals surface area contributed by atoms with Crippen LogP contribution in [0.4, 0.5) is 0 Å². The Balaban J connectivity index is 1.41. The Kier molecular flexibility index (Phi) is 5.21. The topological polar surface area (TPSA) is 75.4 Å². The lowest BCUT2D eigenvalue weighted by Crippen LogP contribution is -2.35. The molecule has 0 aliphatic carbocycles. The van der Waals surface area contributed by atoms with E-state index >= 15 is 0 Å². The van der Waals surface area contributed by atoms with Crippen LogP contribution in [-0.4, -0.2) is 38.6 Å². The predicted octanol–water partition coefficient (Wildman–Crippen LogP) is 1.98. The van der Waals surface area contributed by atoms with Crippen molar-refractivity contribution in [2.75, 3.05) is 13.1 Å². The summed E-state index contributed by atoms with van der Waals surface area (Å²) in [5.74, 6) is 0.343. The molecular formula is C22H23N3O3. The lowest BCUT2D eigenvalue weighted by molar-refractivity contribution is -0.131. The molecule has 1 saturated heterocycles. The Morgan fingerprint density at radius 1 is 1.14 bits per heavy atom. The average molecular weight is 377 g/mol. The second kappa shape index (κ2) is 7.94. The molecule has 0 spiro atoms. The van der Waals surface area contributed by atoms with Crippen LogP contribution in [0.25, 0.3) is 10.9 Å². The molecule has 6 nitrogen and oxygen atoms in total. The Morgan fingerprint density at radius 2 is 1.96 bits per heavy atom. The molecule has 4 rings (SSSR count). The van der Waals surface area contributed by atoms with E-state index in [1.807, 2.05) is 29.2 Å². The van der Waals surface area contributed by atoms with E-state index in [0.29, 0.717) is 29.9 Å². The number of amides is 1. The van der Waals surface area contributed by atoms with Gasteiger partial charge in [-0.05, 0) is 42.0 Å². The molecule has 0 unspecified atom stereocenters. The summed E-state index contributed by atoms with van der Waals surface area (Å²) in [6.45, 7) is 1.46. The molecule has 6 heteroatoms. The van der Waals surface area contributed by atoms with Gasteiger partial charge in [-0.3, -0.25) is 14.2 Å². The second-order valence-electron chi connectivity index (χ2n) is 7.37. The Labute approximate surface area is 163 Å². The minimum atomic E-state index is -0.185. The van der Waals surface area contributed by atoms with Crippen LogP contribution in [-0.2, 0) is 24.4 Å². The van der Waals surface area contributed by atoms with E-state index in [1.165, 1.54) is 16.5 Å². The fourth-order valence-corrected chi connectivity index (χ4v) is 3.88. The van der Waals surface area contributed by atoms with E-state index in [0.717, 1.165) is 18.4 Å². The molecule has 0 bridgehead atoms. The van der Waals surface area contributed by atoms with E-state index < -0.39 is 0 Å². The number of aliphatic hydroxyl groups excluding tert-OH is 1. The third kappa shape index (κ3) is 3.82. The zero-order chi connectivity index (χ0) is 19.5. The highest BCUT2D eigenvalue weighted by molar-refractivity contribution is 5.79. The van der Waals surface area contributed by atoms with E-state index in [9.17, 15) is 14.7 Å². The van der Waals surface area contributed by atoms with E-state index in [4.69, 9.17) is 0 Å². The quantitative estimate of drug-likeness (QED) is 0.738. The molecular weight excluding hydrogens is 354 g/mol. The van der Waals surface area contributed by atoms with Gasteiger partial charge in [0, 0.05) is 13.1 Å². The smallest absolute Gasteiger partial charge is 0.261 e. The maximum Gasteiger partial charge on any atom is 0.261 e. The third-order valence-corrected chi connectivity index (χ3v) is 5.37. The number of hydrogen-bond donors (Lipinski definition) is 1. The molecule has 2 aromatic carbocycles. The molecule has 0 radical (unpaired) electrons. The van der Waals surface area contributed by atoms with Gasteiger partial charge in [-0.25, -0.2) is 4.98 Å². The summed E-state index contributed by atoms with van der Waals surface area (Å²) in [6, 6.07) is 15.1. The van der Waals surface area contributed by atoms with Crippen LogP contribution in [0.2, 0.25) is 0 Å². The highest BCUT2D eigenvalue weighted by atomic mass is 16.3. The maximum atomic E-state index is 12.7. The minimum Gasteiger partial charge on any atom is -0.392 e. The number of aromatic nitrogens is 2. The van der Waals surface area contributed by atoms with Crippen molar-refractivity contribution in [2.45, 2.75) is 26.0 Å². The van der Waals surface area contributed by atoms with Gasteiger partial charge in [-0.1, -0.05) is 36.4 Å². The van der Waals surface area contributed by atoms with E-state index in [1.54, 1.807) is 18.2 Å². The Morgan fingerprint density at radius 3 is 2.82 bits per heavy atom. The number of aliphatic hydroxyl groups is 1. The number of hydrogen-bond acceptors (Lipinski definition) is 4.